The van der Waals surface area contributed by atoms with Crippen LogP contribution in [0.5, 0.6) is 0 Å². The molecule has 1 aliphatic heterocycles. The minimum absolute atomic E-state index is 0.0287. The van der Waals surface area contributed by atoms with Crippen LogP contribution in [-0.4, -0.2) is 61.9 Å². The maximum absolute atomic E-state index is 13.9. The predicted molar refractivity (Wildman–Crippen MR) is 114 cm³/mol. The van der Waals surface area contributed by atoms with Crippen molar-refractivity contribution in [3.05, 3.63) is 59.8 Å². The van der Waals surface area contributed by atoms with Gasteiger partial charge in [0.1, 0.15) is 17.2 Å². The van der Waals surface area contributed by atoms with Crippen LogP contribution in [0.3, 0.4) is 0 Å². The van der Waals surface area contributed by atoms with Crippen LogP contribution >= 0.6 is 0 Å². The lowest BCUT2D eigenvalue weighted by Crippen LogP contribution is -2.46. The largest absolute Gasteiger partial charge is 0.466 e. The molecule has 0 spiro atoms. The zero-order valence-corrected chi connectivity index (χ0v) is 17.6. The van der Waals surface area contributed by atoms with E-state index < -0.39 is 5.60 Å². The fourth-order valence-electron chi connectivity index (χ4n) is 3.49. The van der Waals surface area contributed by atoms with E-state index in [0.717, 1.165) is 18.7 Å². The lowest BCUT2D eigenvalue weighted by atomic mass is 10.0. The molecule has 1 aliphatic rings. The number of morpholine rings is 1. The number of hydrogen-bond donors (Lipinski definition) is 3. The first kappa shape index (κ1) is 22.3. The standard InChI is InChI=1S/C22H31FN4O3/c1-3-24-21(26-16-22(2,28)20-8-5-11-30-20)25-15-19(27-9-12-29-13-10-27)17-6-4-7-18(23)14-17/h4-8,11,14,19,28H,3,9-10,12-13,15-16H2,1-2H3,(H2,24,25,26). The van der Waals surface area contributed by atoms with E-state index in [-0.39, 0.29) is 18.4 Å². The smallest absolute Gasteiger partial charge is 0.191 e. The van der Waals surface area contributed by atoms with Gasteiger partial charge < -0.3 is 24.9 Å². The minimum Gasteiger partial charge on any atom is -0.466 e. The number of benzene rings is 1. The zero-order chi connectivity index (χ0) is 21.4. The molecule has 0 saturated carbocycles. The fourth-order valence-corrected chi connectivity index (χ4v) is 3.49. The molecule has 164 valence electrons. The molecule has 1 aromatic heterocycles. The van der Waals surface area contributed by atoms with Gasteiger partial charge in [0.15, 0.2) is 5.96 Å². The van der Waals surface area contributed by atoms with E-state index in [0.29, 0.717) is 38.0 Å². The molecule has 1 aromatic carbocycles. The monoisotopic (exact) mass is 418 g/mol. The van der Waals surface area contributed by atoms with Crippen molar-refractivity contribution in [1.29, 1.82) is 0 Å². The Morgan fingerprint density at radius 2 is 2.07 bits per heavy atom. The molecule has 7 nitrogen and oxygen atoms in total. The number of hydrogen-bond acceptors (Lipinski definition) is 5. The van der Waals surface area contributed by atoms with Gasteiger partial charge in [0.2, 0.25) is 0 Å². The molecule has 3 N–H and O–H groups in total. The Balaban J connectivity index is 1.72. The van der Waals surface area contributed by atoms with Gasteiger partial charge in [0, 0.05) is 26.2 Å². The minimum atomic E-state index is -1.21. The van der Waals surface area contributed by atoms with Crippen molar-refractivity contribution >= 4 is 5.96 Å². The average molecular weight is 419 g/mol. The van der Waals surface area contributed by atoms with Gasteiger partial charge in [-0.05, 0) is 43.7 Å². The number of guanidine groups is 1. The first-order valence-electron chi connectivity index (χ1n) is 10.4. The lowest BCUT2D eigenvalue weighted by molar-refractivity contribution is 0.0169. The first-order chi connectivity index (χ1) is 14.5. The van der Waals surface area contributed by atoms with Gasteiger partial charge in [-0.2, -0.15) is 0 Å². The predicted octanol–water partition coefficient (Wildman–Crippen LogP) is 2.25. The molecule has 2 heterocycles. The SMILES string of the molecule is CCNC(=NCC(C)(O)c1ccco1)NCC(c1cccc(F)c1)N1CCOCC1. The van der Waals surface area contributed by atoms with Gasteiger partial charge in [0.05, 0.1) is 32.1 Å². The summed E-state index contributed by atoms with van der Waals surface area (Å²) < 4.78 is 24.7. The quantitative estimate of drug-likeness (QED) is 0.451. The van der Waals surface area contributed by atoms with Gasteiger partial charge >= 0.3 is 0 Å². The summed E-state index contributed by atoms with van der Waals surface area (Å²) in [6.07, 6.45) is 1.53. The average Bonchev–Trinajstić information content (AvgIpc) is 3.29. The molecule has 8 heteroatoms. The van der Waals surface area contributed by atoms with Gasteiger partial charge in [0.25, 0.3) is 0 Å². The molecule has 2 unspecified atom stereocenters. The van der Waals surface area contributed by atoms with Crippen LogP contribution in [0.25, 0.3) is 0 Å². The third kappa shape index (κ3) is 6.04. The topological polar surface area (TPSA) is 82.3 Å². The van der Waals surface area contributed by atoms with Gasteiger partial charge in [-0.25, -0.2) is 9.38 Å². The van der Waals surface area contributed by atoms with Crippen LogP contribution in [0.2, 0.25) is 0 Å². The van der Waals surface area contributed by atoms with E-state index in [4.69, 9.17) is 9.15 Å². The Hall–Kier alpha value is -2.42. The second-order valence-corrected chi connectivity index (χ2v) is 7.55. The number of nitrogens with zero attached hydrogens (tertiary/aromatic N) is 2. The molecule has 1 fully saturated rings. The molecule has 1 saturated heterocycles. The van der Waals surface area contributed by atoms with Gasteiger partial charge in [-0.3, -0.25) is 4.90 Å². The van der Waals surface area contributed by atoms with Crippen molar-refractivity contribution in [3.8, 4) is 0 Å². The molecule has 3 rings (SSSR count). The highest BCUT2D eigenvalue weighted by Crippen LogP contribution is 2.23. The summed E-state index contributed by atoms with van der Waals surface area (Å²) in [6, 6.07) is 10.1. The van der Waals surface area contributed by atoms with Crippen molar-refractivity contribution in [2.24, 2.45) is 4.99 Å². The van der Waals surface area contributed by atoms with Crippen molar-refractivity contribution < 1.29 is 18.7 Å². The Labute approximate surface area is 176 Å². The molecule has 2 atom stereocenters. The highest BCUT2D eigenvalue weighted by molar-refractivity contribution is 5.79. The van der Waals surface area contributed by atoms with E-state index in [2.05, 4.69) is 20.5 Å². The summed E-state index contributed by atoms with van der Waals surface area (Å²) >= 11 is 0. The number of rotatable bonds is 8. The molecule has 30 heavy (non-hydrogen) atoms. The first-order valence-corrected chi connectivity index (χ1v) is 10.4. The summed E-state index contributed by atoms with van der Waals surface area (Å²) in [6.45, 7) is 7.88. The van der Waals surface area contributed by atoms with Crippen LogP contribution in [0.15, 0.2) is 52.1 Å². The van der Waals surface area contributed by atoms with Crippen molar-refractivity contribution in [2.45, 2.75) is 25.5 Å². The second kappa shape index (κ2) is 10.6. The van der Waals surface area contributed by atoms with Crippen LogP contribution in [-0.2, 0) is 10.3 Å². The third-order valence-corrected chi connectivity index (χ3v) is 5.12. The Morgan fingerprint density at radius 1 is 1.27 bits per heavy atom. The molecule has 0 radical (unpaired) electrons. The molecular formula is C22H31FN4O3. The second-order valence-electron chi connectivity index (χ2n) is 7.55. The maximum Gasteiger partial charge on any atom is 0.191 e. The van der Waals surface area contributed by atoms with Crippen molar-refractivity contribution in [3.63, 3.8) is 0 Å². The van der Waals surface area contributed by atoms with Crippen LogP contribution in [0, 0.1) is 5.82 Å². The van der Waals surface area contributed by atoms with Gasteiger partial charge in [-0.1, -0.05) is 12.1 Å². The molecule has 0 amide bonds. The number of halogens is 1. The summed E-state index contributed by atoms with van der Waals surface area (Å²) in [4.78, 5) is 6.82. The molecular weight excluding hydrogens is 387 g/mol. The summed E-state index contributed by atoms with van der Waals surface area (Å²) in [5.41, 5.74) is -0.305. The number of furan rings is 1. The molecule has 0 aliphatic carbocycles. The van der Waals surface area contributed by atoms with Crippen LogP contribution in [0.4, 0.5) is 4.39 Å². The Kier molecular flexibility index (Phi) is 7.84. The van der Waals surface area contributed by atoms with Crippen LogP contribution in [0.1, 0.15) is 31.2 Å². The summed E-state index contributed by atoms with van der Waals surface area (Å²) in [5, 5.41) is 17.2. The zero-order valence-electron chi connectivity index (χ0n) is 17.6. The summed E-state index contributed by atoms with van der Waals surface area (Å²) in [7, 11) is 0. The maximum atomic E-state index is 13.9. The van der Waals surface area contributed by atoms with E-state index in [9.17, 15) is 9.50 Å². The van der Waals surface area contributed by atoms with Crippen molar-refractivity contribution in [2.75, 3.05) is 45.9 Å². The summed E-state index contributed by atoms with van der Waals surface area (Å²) in [5.74, 6) is 0.799. The lowest BCUT2D eigenvalue weighted by Gasteiger charge is -2.35. The van der Waals surface area contributed by atoms with E-state index in [1.165, 1.54) is 12.3 Å². The van der Waals surface area contributed by atoms with E-state index in [1.54, 1.807) is 31.2 Å². The highest BCUT2D eigenvalue weighted by Gasteiger charge is 2.27. The molecule has 0 bridgehead atoms. The number of ether oxygens (including phenoxy) is 1. The Morgan fingerprint density at radius 3 is 2.73 bits per heavy atom. The normalized spacial score (nSPS) is 18.6. The fraction of sp³-hybridized carbons (Fsp3) is 0.500. The van der Waals surface area contributed by atoms with Crippen LogP contribution < -0.4 is 10.6 Å². The molecule has 2 aromatic rings. The van der Waals surface area contributed by atoms with E-state index in [1.807, 2.05) is 13.0 Å². The number of nitrogens with one attached hydrogen (secondary N) is 2. The van der Waals surface area contributed by atoms with Gasteiger partial charge in [-0.15, -0.1) is 0 Å². The van der Waals surface area contributed by atoms with Crippen molar-refractivity contribution in [1.82, 2.24) is 15.5 Å². The van der Waals surface area contributed by atoms with E-state index >= 15 is 0 Å². The number of aliphatic hydroxyl groups is 1. The highest BCUT2D eigenvalue weighted by atomic mass is 19.1. The number of aliphatic imine (C=N–C) groups is 1. The third-order valence-electron chi connectivity index (χ3n) is 5.12. The Bertz CT molecular complexity index is 804.